The summed E-state index contributed by atoms with van der Waals surface area (Å²) in [5.41, 5.74) is -0.158. The van der Waals surface area contributed by atoms with Gasteiger partial charge in [0.15, 0.2) is 10.7 Å². The standard InChI is InChI=1S/C12H17N3O4S/c1-7(2)5-14-9(16)3-4-13-10(17)11-15-8(6-20-11)12(18)19/h6-7H,3-5H2,1-2H3,(H,13,17)(H,14,16)(H,18,19). The van der Waals surface area contributed by atoms with Gasteiger partial charge >= 0.3 is 5.97 Å². The molecule has 0 aliphatic rings. The molecular weight excluding hydrogens is 282 g/mol. The van der Waals surface area contributed by atoms with E-state index in [1.165, 1.54) is 5.38 Å². The highest BCUT2D eigenvalue weighted by atomic mass is 32.1. The van der Waals surface area contributed by atoms with Crippen molar-refractivity contribution in [1.29, 1.82) is 0 Å². The van der Waals surface area contributed by atoms with Gasteiger partial charge in [-0.2, -0.15) is 0 Å². The van der Waals surface area contributed by atoms with Gasteiger partial charge in [-0.1, -0.05) is 13.8 Å². The van der Waals surface area contributed by atoms with E-state index in [4.69, 9.17) is 5.11 Å². The fourth-order valence-electron chi connectivity index (χ4n) is 1.25. The first kappa shape index (κ1) is 16.1. The van der Waals surface area contributed by atoms with Crippen LogP contribution in [0.2, 0.25) is 0 Å². The fraction of sp³-hybridized carbons (Fsp3) is 0.500. The number of rotatable bonds is 7. The van der Waals surface area contributed by atoms with E-state index >= 15 is 0 Å². The predicted molar refractivity (Wildman–Crippen MR) is 73.9 cm³/mol. The van der Waals surface area contributed by atoms with Crippen molar-refractivity contribution < 1.29 is 19.5 Å². The van der Waals surface area contributed by atoms with Gasteiger partial charge in [-0.25, -0.2) is 9.78 Å². The third-order valence-electron chi connectivity index (χ3n) is 2.26. The Labute approximate surface area is 120 Å². The Morgan fingerprint density at radius 3 is 2.60 bits per heavy atom. The summed E-state index contributed by atoms with van der Waals surface area (Å²) in [6, 6.07) is 0. The first-order chi connectivity index (χ1) is 9.40. The number of hydrogen-bond donors (Lipinski definition) is 3. The molecule has 1 heterocycles. The molecule has 0 saturated heterocycles. The highest BCUT2D eigenvalue weighted by Gasteiger charge is 2.14. The fourth-order valence-corrected chi connectivity index (χ4v) is 1.95. The van der Waals surface area contributed by atoms with E-state index in [0.717, 1.165) is 11.3 Å². The molecule has 1 rings (SSSR count). The molecule has 0 fully saturated rings. The van der Waals surface area contributed by atoms with E-state index in [9.17, 15) is 14.4 Å². The maximum atomic E-state index is 11.6. The molecule has 0 radical (unpaired) electrons. The second-order valence-corrected chi connectivity index (χ2v) is 5.40. The lowest BCUT2D eigenvalue weighted by Crippen LogP contribution is -2.32. The highest BCUT2D eigenvalue weighted by molar-refractivity contribution is 7.11. The Morgan fingerprint density at radius 2 is 2.05 bits per heavy atom. The number of nitrogens with zero attached hydrogens (tertiary/aromatic N) is 1. The molecule has 2 amide bonds. The Hall–Kier alpha value is -1.96. The molecule has 0 unspecified atom stereocenters. The molecule has 0 atom stereocenters. The molecular formula is C12H17N3O4S. The molecule has 0 aromatic carbocycles. The number of amides is 2. The number of thiazole rings is 1. The summed E-state index contributed by atoms with van der Waals surface area (Å²) < 4.78 is 0. The lowest BCUT2D eigenvalue weighted by Gasteiger charge is -2.07. The lowest BCUT2D eigenvalue weighted by atomic mass is 10.2. The number of carboxylic acid groups (broad SMARTS) is 1. The minimum absolute atomic E-state index is 0.0741. The van der Waals surface area contributed by atoms with Crippen molar-refractivity contribution in [2.75, 3.05) is 13.1 Å². The first-order valence-electron chi connectivity index (χ1n) is 6.14. The van der Waals surface area contributed by atoms with Gasteiger partial charge in [-0.15, -0.1) is 11.3 Å². The smallest absolute Gasteiger partial charge is 0.355 e. The molecule has 1 aromatic rings. The minimum Gasteiger partial charge on any atom is -0.476 e. The van der Waals surface area contributed by atoms with Crippen LogP contribution in [0.5, 0.6) is 0 Å². The van der Waals surface area contributed by atoms with Crippen molar-refractivity contribution in [2.45, 2.75) is 20.3 Å². The Morgan fingerprint density at radius 1 is 1.35 bits per heavy atom. The zero-order valence-electron chi connectivity index (χ0n) is 11.3. The van der Waals surface area contributed by atoms with E-state index < -0.39 is 11.9 Å². The molecule has 0 aliphatic heterocycles. The van der Waals surface area contributed by atoms with Crippen molar-refractivity contribution in [2.24, 2.45) is 5.92 Å². The number of aromatic nitrogens is 1. The molecule has 1 aromatic heterocycles. The van der Waals surface area contributed by atoms with Gasteiger partial charge in [0, 0.05) is 24.9 Å². The third-order valence-corrected chi connectivity index (χ3v) is 3.10. The molecule has 7 nitrogen and oxygen atoms in total. The van der Waals surface area contributed by atoms with E-state index in [2.05, 4.69) is 15.6 Å². The van der Waals surface area contributed by atoms with Crippen LogP contribution in [0.1, 0.15) is 40.6 Å². The number of carboxylic acids is 1. The van der Waals surface area contributed by atoms with Crippen LogP contribution in [0.3, 0.4) is 0 Å². The summed E-state index contributed by atoms with van der Waals surface area (Å²) in [5.74, 6) is -1.41. The number of nitrogens with one attached hydrogen (secondary N) is 2. The van der Waals surface area contributed by atoms with Crippen LogP contribution in [-0.4, -0.2) is 41.0 Å². The van der Waals surface area contributed by atoms with Crippen LogP contribution in [0.25, 0.3) is 0 Å². The van der Waals surface area contributed by atoms with Crippen molar-refractivity contribution >= 4 is 29.1 Å². The second kappa shape index (κ2) is 7.59. The summed E-state index contributed by atoms with van der Waals surface area (Å²) in [5, 5.41) is 15.3. The quantitative estimate of drug-likeness (QED) is 0.688. The van der Waals surface area contributed by atoms with Crippen LogP contribution in [0.4, 0.5) is 0 Å². The summed E-state index contributed by atoms with van der Waals surface area (Å²) in [6.07, 6.45) is 0.176. The van der Waals surface area contributed by atoms with Gasteiger partial charge in [0.05, 0.1) is 0 Å². The average Bonchev–Trinajstić information content (AvgIpc) is 2.86. The molecule has 0 aliphatic carbocycles. The van der Waals surface area contributed by atoms with Gasteiger partial charge in [0.2, 0.25) is 5.91 Å². The zero-order valence-corrected chi connectivity index (χ0v) is 12.1. The number of aromatic carboxylic acids is 1. The molecule has 3 N–H and O–H groups in total. The molecule has 20 heavy (non-hydrogen) atoms. The Balaban J connectivity index is 2.32. The van der Waals surface area contributed by atoms with Gasteiger partial charge in [0.1, 0.15) is 0 Å². The molecule has 8 heteroatoms. The van der Waals surface area contributed by atoms with Crippen LogP contribution in [-0.2, 0) is 4.79 Å². The van der Waals surface area contributed by atoms with Crippen LogP contribution in [0.15, 0.2) is 5.38 Å². The van der Waals surface area contributed by atoms with Gasteiger partial charge in [-0.3, -0.25) is 9.59 Å². The maximum absolute atomic E-state index is 11.6. The average molecular weight is 299 g/mol. The SMILES string of the molecule is CC(C)CNC(=O)CCNC(=O)c1nc(C(=O)O)cs1. The van der Waals surface area contributed by atoms with Crippen LogP contribution < -0.4 is 10.6 Å². The minimum atomic E-state index is -1.17. The van der Waals surface area contributed by atoms with Crippen LogP contribution in [0, 0.1) is 5.92 Å². The van der Waals surface area contributed by atoms with Crippen molar-refractivity contribution in [1.82, 2.24) is 15.6 Å². The summed E-state index contributed by atoms with van der Waals surface area (Å²) in [4.78, 5) is 37.3. The van der Waals surface area contributed by atoms with E-state index in [1.54, 1.807) is 0 Å². The monoisotopic (exact) mass is 299 g/mol. The normalized spacial score (nSPS) is 10.3. The Bertz CT molecular complexity index is 499. The van der Waals surface area contributed by atoms with Gasteiger partial charge in [0.25, 0.3) is 5.91 Å². The highest BCUT2D eigenvalue weighted by Crippen LogP contribution is 2.09. The number of hydrogen-bond acceptors (Lipinski definition) is 5. The van der Waals surface area contributed by atoms with E-state index in [1.807, 2.05) is 13.8 Å². The van der Waals surface area contributed by atoms with Crippen molar-refractivity contribution in [3.05, 3.63) is 16.1 Å². The molecule has 0 bridgehead atoms. The van der Waals surface area contributed by atoms with Crippen molar-refractivity contribution in [3.8, 4) is 0 Å². The second-order valence-electron chi connectivity index (χ2n) is 4.55. The van der Waals surface area contributed by atoms with Crippen LogP contribution >= 0.6 is 11.3 Å². The summed E-state index contributed by atoms with van der Waals surface area (Å²) >= 11 is 0.954. The predicted octanol–water partition coefficient (Wildman–Crippen LogP) is 0.733. The molecule has 0 saturated carbocycles. The largest absolute Gasteiger partial charge is 0.476 e. The lowest BCUT2D eigenvalue weighted by molar-refractivity contribution is -0.121. The first-order valence-corrected chi connectivity index (χ1v) is 7.01. The van der Waals surface area contributed by atoms with Gasteiger partial charge < -0.3 is 15.7 Å². The third kappa shape index (κ3) is 5.35. The van der Waals surface area contributed by atoms with E-state index in [0.29, 0.717) is 12.5 Å². The maximum Gasteiger partial charge on any atom is 0.355 e. The van der Waals surface area contributed by atoms with Gasteiger partial charge in [-0.05, 0) is 5.92 Å². The summed E-state index contributed by atoms with van der Waals surface area (Å²) in [6.45, 7) is 4.76. The summed E-state index contributed by atoms with van der Waals surface area (Å²) in [7, 11) is 0. The number of carbonyl (C=O) groups is 3. The number of carbonyl (C=O) groups excluding carboxylic acids is 2. The van der Waals surface area contributed by atoms with E-state index in [-0.39, 0.29) is 29.6 Å². The Kier molecular flexibility index (Phi) is 6.10. The van der Waals surface area contributed by atoms with Crippen molar-refractivity contribution in [3.63, 3.8) is 0 Å². The topological polar surface area (TPSA) is 108 Å². The zero-order chi connectivity index (χ0) is 15.1. The molecule has 110 valence electrons. The molecule has 0 spiro atoms.